The Morgan fingerprint density at radius 3 is 2.68 bits per heavy atom. The molecule has 2 nitrogen and oxygen atoms in total. The summed E-state index contributed by atoms with van der Waals surface area (Å²) in [6, 6.07) is 10.6. The standard InChI is InChI=1S/C16H24O2Se/c1-12(10-17)14-8-9-16(2,18)15(14)11-19-13-6-4-3-5-7-13/h3-7,12,14-15,17-18H,8-11H2,1-2H3/t12-,14-,15+,16-/m1/s1. The molecule has 1 aromatic rings. The van der Waals surface area contributed by atoms with Crippen molar-refractivity contribution in [1.82, 2.24) is 0 Å². The van der Waals surface area contributed by atoms with E-state index in [2.05, 4.69) is 31.2 Å². The Morgan fingerprint density at radius 2 is 2.05 bits per heavy atom. The number of benzene rings is 1. The maximum atomic E-state index is 10.6. The summed E-state index contributed by atoms with van der Waals surface area (Å²) in [5, 5.41) is 21.0. The van der Waals surface area contributed by atoms with E-state index in [4.69, 9.17) is 0 Å². The Labute approximate surface area is 122 Å². The van der Waals surface area contributed by atoms with E-state index in [1.54, 1.807) is 0 Å². The zero-order chi connectivity index (χ0) is 13.9. The van der Waals surface area contributed by atoms with E-state index in [0.29, 0.717) is 32.7 Å². The fourth-order valence-corrected chi connectivity index (χ4v) is 5.91. The Morgan fingerprint density at radius 1 is 1.37 bits per heavy atom. The molecule has 0 spiro atoms. The second kappa shape index (κ2) is 6.41. The summed E-state index contributed by atoms with van der Waals surface area (Å²) in [5.74, 6) is 1.09. The fourth-order valence-electron chi connectivity index (χ4n) is 3.13. The van der Waals surface area contributed by atoms with Gasteiger partial charge in [-0.3, -0.25) is 0 Å². The minimum atomic E-state index is -0.551. The molecule has 1 aliphatic rings. The van der Waals surface area contributed by atoms with E-state index in [1.165, 1.54) is 4.46 Å². The van der Waals surface area contributed by atoms with Gasteiger partial charge >= 0.3 is 122 Å². The predicted molar refractivity (Wildman–Crippen MR) is 79.7 cm³/mol. The molecule has 3 heteroatoms. The number of aliphatic hydroxyl groups is 2. The van der Waals surface area contributed by atoms with Crippen LogP contribution < -0.4 is 4.46 Å². The molecule has 106 valence electrons. The molecular weight excluding hydrogens is 303 g/mol. The normalized spacial score (nSPS) is 32.4. The van der Waals surface area contributed by atoms with Gasteiger partial charge in [0.15, 0.2) is 0 Å². The van der Waals surface area contributed by atoms with E-state index in [1.807, 2.05) is 13.0 Å². The molecule has 19 heavy (non-hydrogen) atoms. The molecule has 1 aliphatic carbocycles. The van der Waals surface area contributed by atoms with Gasteiger partial charge in [0.25, 0.3) is 0 Å². The summed E-state index contributed by atoms with van der Waals surface area (Å²) in [5.41, 5.74) is -0.551. The molecule has 0 aliphatic heterocycles. The van der Waals surface area contributed by atoms with Gasteiger partial charge in [0.2, 0.25) is 0 Å². The first-order valence-electron chi connectivity index (χ1n) is 7.05. The third kappa shape index (κ3) is 3.60. The first-order chi connectivity index (χ1) is 9.04. The maximum absolute atomic E-state index is 10.6. The van der Waals surface area contributed by atoms with Crippen molar-refractivity contribution in [3.05, 3.63) is 30.3 Å². The monoisotopic (exact) mass is 328 g/mol. The van der Waals surface area contributed by atoms with Gasteiger partial charge in [0.1, 0.15) is 0 Å². The van der Waals surface area contributed by atoms with E-state index in [-0.39, 0.29) is 6.61 Å². The minimum absolute atomic E-state index is 0.232. The van der Waals surface area contributed by atoms with E-state index >= 15 is 0 Å². The number of aliphatic hydroxyl groups excluding tert-OH is 1. The predicted octanol–water partition coefficient (Wildman–Crippen LogP) is 1.84. The van der Waals surface area contributed by atoms with E-state index < -0.39 is 5.60 Å². The van der Waals surface area contributed by atoms with Crippen LogP contribution in [0.5, 0.6) is 0 Å². The molecule has 0 amide bonds. The summed E-state index contributed by atoms with van der Waals surface area (Å²) in [7, 11) is 0. The summed E-state index contributed by atoms with van der Waals surface area (Å²) in [4.78, 5) is 0. The van der Waals surface area contributed by atoms with E-state index in [0.717, 1.165) is 18.2 Å². The Balaban J connectivity index is 2.02. The van der Waals surface area contributed by atoms with Crippen LogP contribution in [0.4, 0.5) is 0 Å². The van der Waals surface area contributed by atoms with Crippen molar-refractivity contribution in [2.45, 2.75) is 37.6 Å². The average molecular weight is 327 g/mol. The van der Waals surface area contributed by atoms with Crippen LogP contribution in [0.3, 0.4) is 0 Å². The summed E-state index contributed by atoms with van der Waals surface area (Å²) in [6.07, 6.45) is 1.92. The third-order valence-corrected chi connectivity index (χ3v) is 6.86. The molecule has 0 heterocycles. The molecule has 1 saturated carbocycles. The molecule has 1 aromatic carbocycles. The number of rotatable bonds is 5. The van der Waals surface area contributed by atoms with Gasteiger partial charge in [-0.05, 0) is 0 Å². The molecule has 0 unspecified atom stereocenters. The van der Waals surface area contributed by atoms with Gasteiger partial charge in [-0.15, -0.1) is 0 Å². The van der Waals surface area contributed by atoms with Crippen LogP contribution in [0.15, 0.2) is 30.3 Å². The summed E-state index contributed by atoms with van der Waals surface area (Å²) >= 11 is 0.410. The number of hydrogen-bond acceptors (Lipinski definition) is 2. The van der Waals surface area contributed by atoms with Crippen LogP contribution in [0, 0.1) is 17.8 Å². The molecule has 2 rings (SSSR count). The fraction of sp³-hybridized carbons (Fsp3) is 0.625. The summed E-state index contributed by atoms with van der Waals surface area (Å²) in [6.45, 7) is 4.31. The average Bonchev–Trinajstić information content (AvgIpc) is 2.72. The first kappa shape index (κ1) is 15.1. The number of hydrogen-bond donors (Lipinski definition) is 2. The van der Waals surface area contributed by atoms with Gasteiger partial charge < -0.3 is 0 Å². The van der Waals surface area contributed by atoms with Crippen molar-refractivity contribution in [3.8, 4) is 0 Å². The second-order valence-corrected chi connectivity index (χ2v) is 8.24. The first-order valence-corrected chi connectivity index (χ1v) is 9.12. The van der Waals surface area contributed by atoms with Crippen molar-refractivity contribution in [2.75, 3.05) is 6.61 Å². The van der Waals surface area contributed by atoms with Crippen molar-refractivity contribution < 1.29 is 10.2 Å². The zero-order valence-corrected chi connectivity index (χ0v) is 13.5. The molecular formula is C16H24O2Se. The molecule has 2 N–H and O–H groups in total. The van der Waals surface area contributed by atoms with Gasteiger partial charge in [0.05, 0.1) is 0 Å². The Hall–Kier alpha value is -0.341. The topological polar surface area (TPSA) is 40.5 Å². The van der Waals surface area contributed by atoms with Gasteiger partial charge in [-0.2, -0.15) is 0 Å². The molecule has 0 aromatic heterocycles. The van der Waals surface area contributed by atoms with Crippen molar-refractivity contribution >= 4 is 19.4 Å². The van der Waals surface area contributed by atoms with Crippen LogP contribution in [-0.4, -0.2) is 37.4 Å². The summed E-state index contributed by atoms with van der Waals surface area (Å²) < 4.78 is 1.40. The zero-order valence-electron chi connectivity index (χ0n) is 11.7. The van der Waals surface area contributed by atoms with Crippen LogP contribution in [0.1, 0.15) is 26.7 Å². The second-order valence-electron chi connectivity index (χ2n) is 5.95. The Kier molecular flexibility index (Phi) is 5.08. The van der Waals surface area contributed by atoms with Crippen LogP contribution in [0.25, 0.3) is 0 Å². The Bertz CT molecular complexity index is 391. The van der Waals surface area contributed by atoms with Crippen LogP contribution >= 0.6 is 0 Å². The molecule has 0 saturated heterocycles. The third-order valence-electron chi connectivity index (χ3n) is 4.49. The van der Waals surface area contributed by atoms with Crippen molar-refractivity contribution in [3.63, 3.8) is 0 Å². The van der Waals surface area contributed by atoms with Crippen molar-refractivity contribution in [1.29, 1.82) is 0 Å². The van der Waals surface area contributed by atoms with E-state index in [9.17, 15) is 10.2 Å². The quantitative estimate of drug-likeness (QED) is 0.810. The van der Waals surface area contributed by atoms with Crippen LogP contribution in [0.2, 0.25) is 5.32 Å². The van der Waals surface area contributed by atoms with Gasteiger partial charge in [-0.1, -0.05) is 0 Å². The molecule has 0 bridgehead atoms. The molecule has 4 atom stereocenters. The van der Waals surface area contributed by atoms with Gasteiger partial charge in [-0.25, -0.2) is 0 Å². The molecule has 1 fully saturated rings. The van der Waals surface area contributed by atoms with Crippen molar-refractivity contribution in [2.24, 2.45) is 17.8 Å². The molecule has 0 radical (unpaired) electrons. The van der Waals surface area contributed by atoms with Crippen LogP contribution in [-0.2, 0) is 0 Å². The van der Waals surface area contributed by atoms with Gasteiger partial charge in [0, 0.05) is 0 Å². The SMILES string of the molecule is C[C@H](CO)[C@H]1CC[C@@](C)(O)[C@H]1C[Se]c1ccccc1.